The normalized spacial score (nSPS) is 12.4. The maximum absolute atomic E-state index is 12.4. The standard InChI is InChI=1S/C26H24N2O4/c1-17-6-2-3-7-19(17)15-28-22-9-5-4-8-20(22)21(25(28)26(29)30)14-27-13-18-10-11-23-24(12-18)32-16-31-23/h2-12,27H,13-16H2,1H3,(H,29,30). The Morgan fingerprint density at radius 3 is 2.62 bits per heavy atom. The second-order valence-corrected chi connectivity index (χ2v) is 7.95. The Kier molecular flexibility index (Phi) is 5.29. The molecule has 5 rings (SSSR count). The molecule has 0 amide bonds. The van der Waals surface area contributed by atoms with Crippen molar-refractivity contribution in [1.29, 1.82) is 0 Å². The molecule has 0 aliphatic carbocycles. The predicted octanol–water partition coefficient (Wildman–Crippen LogP) is 4.71. The van der Waals surface area contributed by atoms with Gasteiger partial charge >= 0.3 is 5.97 Å². The van der Waals surface area contributed by atoms with E-state index in [-0.39, 0.29) is 6.79 Å². The lowest BCUT2D eigenvalue weighted by Crippen LogP contribution is -2.17. The van der Waals surface area contributed by atoms with Crippen LogP contribution in [0.3, 0.4) is 0 Å². The molecule has 0 atom stereocenters. The molecule has 162 valence electrons. The number of para-hydroxylation sites is 1. The highest BCUT2D eigenvalue weighted by molar-refractivity contribution is 5.98. The lowest BCUT2D eigenvalue weighted by Gasteiger charge is -2.12. The number of carbonyl (C=O) groups is 1. The highest BCUT2D eigenvalue weighted by Crippen LogP contribution is 2.33. The van der Waals surface area contributed by atoms with E-state index in [0.717, 1.165) is 44.7 Å². The number of fused-ring (bicyclic) bond motifs is 2. The largest absolute Gasteiger partial charge is 0.477 e. The van der Waals surface area contributed by atoms with Gasteiger partial charge in [0.1, 0.15) is 5.69 Å². The molecule has 2 heterocycles. The van der Waals surface area contributed by atoms with Crippen molar-refractivity contribution in [2.45, 2.75) is 26.6 Å². The van der Waals surface area contributed by atoms with Crippen molar-refractivity contribution in [3.63, 3.8) is 0 Å². The Bertz CT molecular complexity index is 1310. The van der Waals surface area contributed by atoms with E-state index in [1.54, 1.807) is 0 Å². The molecule has 0 radical (unpaired) electrons. The van der Waals surface area contributed by atoms with Gasteiger partial charge in [0, 0.05) is 36.1 Å². The predicted molar refractivity (Wildman–Crippen MR) is 122 cm³/mol. The van der Waals surface area contributed by atoms with Crippen LogP contribution in [0.2, 0.25) is 0 Å². The number of carboxylic acids is 1. The van der Waals surface area contributed by atoms with E-state index in [2.05, 4.69) is 18.3 Å². The summed E-state index contributed by atoms with van der Waals surface area (Å²) >= 11 is 0. The van der Waals surface area contributed by atoms with Gasteiger partial charge in [0.25, 0.3) is 0 Å². The summed E-state index contributed by atoms with van der Waals surface area (Å²) in [6.45, 7) is 3.84. The van der Waals surface area contributed by atoms with Gasteiger partial charge in [-0.2, -0.15) is 0 Å². The molecule has 3 aromatic carbocycles. The van der Waals surface area contributed by atoms with E-state index in [9.17, 15) is 9.90 Å². The van der Waals surface area contributed by atoms with Gasteiger partial charge in [0.15, 0.2) is 11.5 Å². The number of hydrogen-bond donors (Lipinski definition) is 2. The minimum atomic E-state index is -0.922. The molecule has 0 fully saturated rings. The van der Waals surface area contributed by atoms with Crippen molar-refractivity contribution >= 4 is 16.9 Å². The quantitative estimate of drug-likeness (QED) is 0.446. The van der Waals surface area contributed by atoms with Gasteiger partial charge in [-0.1, -0.05) is 48.5 Å². The van der Waals surface area contributed by atoms with Crippen molar-refractivity contribution in [2.24, 2.45) is 0 Å². The summed E-state index contributed by atoms with van der Waals surface area (Å²) in [6, 6.07) is 21.8. The first kappa shape index (κ1) is 20.2. The monoisotopic (exact) mass is 428 g/mol. The number of hydrogen-bond acceptors (Lipinski definition) is 4. The molecule has 1 aliphatic heterocycles. The number of nitrogens with one attached hydrogen (secondary N) is 1. The van der Waals surface area contributed by atoms with Crippen LogP contribution in [0.4, 0.5) is 0 Å². The van der Waals surface area contributed by atoms with Crippen LogP contribution in [0.5, 0.6) is 11.5 Å². The number of aryl methyl sites for hydroxylation is 1. The fraction of sp³-hybridized carbons (Fsp3) is 0.192. The van der Waals surface area contributed by atoms with Crippen LogP contribution in [-0.4, -0.2) is 22.4 Å². The fourth-order valence-corrected chi connectivity index (χ4v) is 4.30. The second-order valence-electron chi connectivity index (χ2n) is 7.95. The number of ether oxygens (including phenoxy) is 2. The van der Waals surface area contributed by atoms with Gasteiger partial charge in [-0.05, 0) is 41.8 Å². The Labute approximate surface area is 186 Å². The van der Waals surface area contributed by atoms with Gasteiger partial charge in [0.2, 0.25) is 6.79 Å². The van der Waals surface area contributed by atoms with E-state index < -0.39 is 5.97 Å². The SMILES string of the molecule is Cc1ccccc1Cn1c(C(=O)O)c(CNCc2ccc3c(c2)OCO3)c2ccccc21. The zero-order valence-electron chi connectivity index (χ0n) is 17.8. The van der Waals surface area contributed by atoms with Crippen molar-refractivity contribution < 1.29 is 19.4 Å². The lowest BCUT2D eigenvalue weighted by molar-refractivity contribution is 0.0684. The third-order valence-corrected chi connectivity index (χ3v) is 5.94. The molecule has 6 nitrogen and oxygen atoms in total. The zero-order valence-corrected chi connectivity index (χ0v) is 17.8. The summed E-state index contributed by atoms with van der Waals surface area (Å²) in [5.41, 5.74) is 5.34. The Morgan fingerprint density at radius 2 is 1.78 bits per heavy atom. The average molecular weight is 428 g/mol. The number of carboxylic acid groups (broad SMARTS) is 1. The van der Waals surface area contributed by atoms with Gasteiger partial charge < -0.3 is 24.5 Å². The highest BCUT2D eigenvalue weighted by atomic mass is 16.7. The van der Waals surface area contributed by atoms with Crippen LogP contribution in [0, 0.1) is 6.92 Å². The molecule has 4 aromatic rings. The van der Waals surface area contributed by atoms with Crippen molar-refractivity contribution in [3.05, 3.63) is 94.7 Å². The van der Waals surface area contributed by atoms with Crippen molar-refractivity contribution in [2.75, 3.05) is 6.79 Å². The Hall–Kier alpha value is -3.77. The smallest absolute Gasteiger partial charge is 0.352 e. The average Bonchev–Trinajstić information content (AvgIpc) is 3.38. The second kappa shape index (κ2) is 8.40. The van der Waals surface area contributed by atoms with Crippen LogP contribution in [0.25, 0.3) is 10.9 Å². The molecular weight excluding hydrogens is 404 g/mol. The first-order valence-electron chi connectivity index (χ1n) is 10.6. The molecule has 1 aliphatic rings. The minimum absolute atomic E-state index is 0.245. The van der Waals surface area contributed by atoms with Gasteiger partial charge in [0.05, 0.1) is 0 Å². The minimum Gasteiger partial charge on any atom is -0.477 e. The van der Waals surface area contributed by atoms with Crippen LogP contribution < -0.4 is 14.8 Å². The topological polar surface area (TPSA) is 72.7 Å². The van der Waals surface area contributed by atoms with Crippen LogP contribution in [0.15, 0.2) is 66.7 Å². The summed E-state index contributed by atoms with van der Waals surface area (Å²) < 4.78 is 12.7. The lowest BCUT2D eigenvalue weighted by atomic mass is 10.1. The maximum Gasteiger partial charge on any atom is 0.352 e. The maximum atomic E-state index is 12.4. The summed E-state index contributed by atoms with van der Waals surface area (Å²) in [5.74, 6) is 0.571. The van der Waals surface area contributed by atoms with Crippen LogP contribution in [-0.2, 0) is 19.6 Å². The number of rotatable bonds is 7. The Morgan fingerprint density at radius 1 is 1.00 bits per heavy atom. The molecule has 6 heteroatoms. The zero-order chi connectivity index (χ0) is 22.1. The van der Waals surface area contributed by atoms with Crippen LogP contribution >= 0.6 is 0 Å². The number of aromatic carboxylic acids is 1. The van der Waals surface area contributed by atoms with Gasteiger partial charge in [-0.15, -0.1) is 0 Å². The molecule has 2 N–H and O–H groups in total. The number of aromatic nitrogens is 1. The Balaban J connectivity index is 1.46. The van der Waals surface area contributed by atoms with Crippen molar-refractivity contribution in [1.82, 2.24) is 9.88 Å². The van der Waals surface area contributed by atoms with Crippen LogP contribution in [0.1, 0.15) is 32.7 Å². The molecule has 0 spiro atoms. The first-order chi connectivity index (χ1) is 15.6. The van der Waals surface area contributed by atoms with E-state index in [1.165, 1.54) is 0 Å². The summed E-state index contributed by atoms with van der Waals surface area (Å²) in [7, 11) is 0. The molecular formula is C26H24N2O4. The summed E-state index contributed by atoms with van der Waals surface area (Å²) in [5, 5.41) is 14.5. The van der Waals surface area contributed by atoms with Gasteiger partial charge in [-0.25, -0.2) is 4.79 Å². The fourth-order valence-electron chi connectivity index (χ4n) is 4.30. The summed E-state index contributed by atoms with van der Waals surface area (Å²) in [6.07, 6.45) is 0. The first-order valence-corrected chi connectivity index (χ1v) is 10.6. The molecule has 0 bridgehead atoms. The number of nitrogens with zero attached hydrogens (tertiary/aromatic N) is 1. The molecule has 0 unspecified atom stereocenters. The molecule has 1 aromatic heterocycles. The highest BCUT2D eigenvalue weighted by Gasteiger charge is 2.22. The number of benzene rings is 3. The van der Waals surface area contributed by atoms with E-state index >= 15 is 0 Å². The van der Waals surface area contributed by atoms with E-state index in [1.807, 2.05) is 65.2 Å². The summed E-state index contributed by atoms with van der Waals surface area (Å²) in [4.78, 5) is 12.4. The molecule has 0 saturated heterocycles. The third kappa shape index (κ3) is 3.69. The van der Waals surface area contributed by atoms with Crippen molar-refractivity contribution in [3.8, 4) is 11.5 Å². The van der Waals surface area contributed by atoms with E-state index in [4.69, 9.17) is 9.47 Å². The van der Waals surface area contributed by atoms with E-state index in [0.29, 0.717) is 25.3 Å². The third-order valence-electron chi connectivity index (χ3n) is 5.94. The van der Waals surface area contributed by atoms with Gasteiger partial charge in [-0.3, -0.25) is 0 Å². The molecule has 32 heavy (non-hydrogen) atoms. The molecule has 0 saturated carbocycles.